The van der Waals surface area contributed by atoms with Crippen LogP contribution in [0.3, 0.4) is 0 Å². The molecule has 1 aliphatic heterocycles. The van der Waals surface area contributed by atoms with Crippen LogP contribution in [0.25, 0.3) is 0 Å². The number of aromatic hydroxyl groups is 1. The van der Waals surface area contributed by atoms with Gasteiger partial charge < -0.3 is 10.4 Å². The molecule has 0 bridgehead atoms. The van der Waals surface area contributed by atoms with Gasteiger partial charge in [-0.2, -0.15) is 0 Å². The van der Waals surface area contributed by atoms with E-state index >= 15 is 0 Å². The third kappa shape index (κ3) is 2.15. The van der Waals surface area contributed by atoms with Gasteiger partial charge >= 0.3 is 0 Å². The molecule has 2 rings (SSSR count). The molecule has 1 saturated heterocycles. The fourth-order valence-electron chi connectivity index (χ4n) is 2.24. The summed E-state index contributed by atoms with van der Waals surface area (Å²) < 4.78 is 0. The molecule has 1 aromatic carbocycles. The Morgan fingerprint density at radius 1 is 1.33 bits per heavy atom. The maximum absolute atomic E-state index is 9.79. The standard InChI is InChI=1S/C13H19NO/c1-9-6-12(7-13(15)10(9)2)11-4-3-5-14-8-11/h6-7,11,14-15H,3-5,8H2,1-2H3. The Labute approximate surface area is 91.3 Å². The van der Waals surface area contributed by atoms with Gasteiger partial charge in [-0.3, -0.25) is 0 Å². The zero-order chi connectivity index (χ0) is 10.8. The fourth-order valence-corrected chi connectivity index (χ4v) is 2.24. The van der Waals surface area contributed by atoms with Crippen LogP contribution in [0.4, 0.5) is 0 Å². The zero-order valence-corrected chi connectivity index (χ0v) is 9.51. The van der Waals surface area contributed by atoms with Gasteiger partial charge in [0.05, 0.1) is 0 Å². The van der Waals surface area contributed by atoms with Crippen molar-refractivity contribution in [3.05, 3.63) is 28.8 Å². The highest BCUT2D eigenvalue weighted by Gasteiger charge is 2.16. The molecule has 1 unspecified atom stereocenters. The number of aryl methyl sites for hydroxylation is 1. The minimum atomic E-state index is 0.440. The highest BCUT2D eigenvalue weighted by Crippen LogP contribution is 2.29. The van der Waals surface area contributed by atoms with E-state index in [2.05, 4.69) is 18.3 Å². The molecule has 1 aromatic rings. The highest BCUT2D eigenvalue weighted by atomic mass is 16.3. The number of piperidine rings is 1. The van der Waals surface area contributed by atoms with Crippen LogP contribution in [0.2, 0.25) is 0 Å². The van der Waals surface area contributed by atoms with Crippen molar-refractivity contribution in [2.75, 3.05) is 13.1 Å². The van der Waals surface area contributed by atoms with Gasteiger partial charge in [0, 0.05) is 6.54 Å². The maximum atomic E-state index is 9.79. The maximum Gasteiger partial charge on any atom is 0.119 e. The first-order valence-electron chi connectivity index (χ1n) is 5.69. The third-order valence-electron chi connectivity index (χ3n) is 3.43. The largest absolute Gasteiger partial charge is 0.508 e. The van der Waals surface area contributed by atoms with Crippen LogP contribution < -0.4 is 5.32 Å². The summed E-state index contributed by atoms with van der Waals surface area (Å²) in [5.74, 6) is 1.01. The van der Waals surface area contributed by atoms with Crippen LogP contribution in [0, 0.1) is 13.8 Å². The number of phenols is 1. The second-order valence-electron chi connectivity index (χ2n) is 4.53. The van der Waals surface area contributed by atoms with E-state index in [0.717, 1.165) is 18.7 Å². The topological polar surface area (TPSA) is 32.3 Å². The van der Waals surface area contributed by atoms with Gasteiger partial charge in [0.2, 0.25) is 0 Å². The normalized spacial score (nSPS) is 21.6. The van der Waals surface area contributed by atoms with Gasteiger partial charge in [-0.15, -0.1) is 0 Å². The van der Waals surface area contributed by atoms with Gasteiger partial charge in [-0.1, -0.05) is 6.07 Å². The molecule has 1 heterocycles. The van der Waals surface area contributed by atoms with Gasteiger partial charge in [0.15, 0.2) is 0 Å². The first kappa shape index (κ1) is 10.5. The van der Waals surface area contributed by atoms with Crippen molar-refractivity contribution in [1.82, 2.24) is 5.32 Å². The molecule has 2 nitrogen and oxygen atoms in total. The van der Waals surface area contributed by atoms with E-state index in [4.69, 9.17) is 0 Å². The lowest BCUT2D eigenvalue weighted by Gasteiger charge is -2.24. The third-order valence-corrected chi connectivity index (χ3v) is 3.43. The molecular weight excluding hydrogens is 186 g/mol. The van der Waals surface area contributed by atoms with Crippen molar-refractivity contribution in [3.8, 4) is 5.75 Å². The summed E-state index contributed by atoms with van der Waals surface area (Å²) in [7, 11) is 0. The molecule has 0 spiro atoms. The Hall–Kier alpha value is -1.02. The van der Waals surface area contributed by atoms with E-state index in [1.165, 1.54) is 24.0 Å². The SMILES string of the molecule is Cc1cc(C2CCCNC2)cc(O)c1C. The smallest absolute Gasteiger partial charge is 0.119 e. The molecule has 2 heteroatoms. The number of rotatable bonds is 1. The van der Waals surface area contributed by atoms with Gasteiger partial charge in [-0.25, -0.2) is 0 Å². The first-order chi connectivity index (χ1) is 7.18. The van der Waals surface area contributed by atoms with Crippen LogP contribution in [-0.2, 0) is 0 Å². The molecule has 1 aliphatic rings. The Morgan fingerprint density at radius 2 is 2.13 bits per heavy atom. The van der Waals surface area contributed by atoms with E-state index < -0.39 is 0 Å². The van der Waals surface area contributed by atoms with Gasteiger partial charge in [-0.05, 0) is 61.9 Å². The zero-order valence-electron chi connectivity index (χ0n) is 9.51. The molecule has 82 valence electrons. The second-order valence-corrected chi connectivity index (χ2v) is 4.53. The van der Waals surface area contributed by atoms with Crippen molar-refractivity contribution in [2.24, 2.45) is 0 Å². The van der Waals surface area contributed by atoms with E-state index in [9.17, 15) is 5.11 Å². The van der Waals surface area contributed by atoms with Crippen molar-refractivity contribution < 1.29 is 5.11 Å². The number of phenolic OH excluding ortho intramolecular Hbond substituents is 1. The molecule has 0 aromatic heterocycles. The van der Waals surface area contributed by atoms with Crippen molar-refractivity contribution >= 4 is 0 Å². The average molecular weight is 205 g/mol. The summed E-state index contributed by atoms with van der Waals surface area (Å²) in [6, 6.07) is 4.15. The first-order valence-corrected chi connectivity index (χ1v) is 5.69. The fraction of sp³-hybridized carbons (Fsp3) is 0.538. The summed E-state index contributed by atoms with van der Waals surface area (Å²) in [6.45, 7) is 6.21. The van der Waals surface area contributed by atoms with Gasteiger partial charge in [0.25, 0.3) is 0 Å². The van der Waals surface area contributed by atoms with E-state index in [0.29, 0.717) is 11.7 Å². The minimum absolute atomic E-state index is 0.440. The lowest BCUT2D eigenvalue weighted by atomic mass is 9.89. The van der Waals surface area contributed by atoms with Crippen LogP contribution in [-0.4, -0.2) is 18.2 Å². The molecule has 0 aliphatic carbocycles. The monoisotopic (exact) mass is 205 g/mol. The molecule has 15 heavy (non-hydrogen) atoms. The molecular formula is C13H19NO. The second kappa shape index (κ2) is 4.23. The Morgan fingerprint density at radius 3 is 2.73 bits per heavy atom. The van der Waals surface area contributed by atoms with Crippen LogP contribution in [0.15, 0.2) is 12.1 Å². The van der Waals surface area contributed by atoms with E-state index in [-0.39, 0.29) is 0 Å². The molecule has 0 amide bonds. The predicted octanol–water partition coefficient (Wildman–Crippen LogP) is 2.48. The molecule has 0 radical (unpaired) electrons. The summed E-state index contributed by atoms with van der Waals surface area (Å²) in [6.07, 6.45) is 2.47. The van der Waals surface area contributed by atoms with Crippen molar-refractivity contribution in [1.29, 1.82) is 0 Å². The number of nitrogens with one attached hydrogen (secondary N) is 1. The summed E-state index contributed by atoms with van der Waals surface area (Å²) in [4.78, 5) is 0. The molecule has 2 N–H and O–H groups in total. The highest BCUT2D eigenvalue weighted by molar-refractivity contribution is 5.42. The lowest BCUT2D eigenvalue weighted by Crippen LogP contribution is -2.28. The Kier molecular flexibility index (Phi) is 2.96. The lowest BCUT2D eigenvalue weighted by molar-refractivity contribution is 0.450. The molecule has 1 atom stereocenters. The van der Waals surface area contributed by atoms with Crippen molar-refractivity contribution in [3.63, 3.8) is 0 Å². The van der Waals surface area contributed by atoms with E-state index in [1.807, 2.05) is 13.0 Å². The summed E-state index contributed by atoms with van der Waals surface area (Å²) >= 11 is 0. The molecule has 0 saturated carbocycles. The van der Waals surface area contributed by atoms with Crippen LogP contribution >= 0.6 is 0 Å². The quantitative estimate of drug-likeness (QED) is 0.738. The van der Waals surface area contributed by atoms with Crippen molar-refractivity contribution in [2.45, 2.75) is 32.6 Å². The van der Waals surface area contributed by atoms with Crippen LogP contribution in [0.5, 0.6) is 5.75 Å². The predicted molar refractivity (Wildman–Crippen MR) is 62.4 cm³/mol. The number of hydrogen-bond acceptors (Lipinski definition) is 2. The molecule has 1 fully saturated rings. The summed E-state index contributed by atoms with van der Waals surface area (Å²) in [5, 5.41) is 13.2. The van der Waals surface area contributed by atoms with E-state index in [1.54, 1.807) is 0 Å². The Bertz CT molecular complexity index is 331. The number of benzene rings is 1. The average Bonchev–Trinajstić information content (AvgIpc) is 2.26. The van der Waals surface area contributed by atoms with Crippen LogP contribution in [0.1, 0.15) is 35.4 Å². The minimum Gasteiger partial charge on any atom is -0.508 e. The number of hydrogen-bond donors (Lipinski definition) is 2. The Balaban J connectivity index is 2.27. The van der Waals surface area contributed by atoms with Gasteiger partial charge in [0.1, 0.15) is 5.75 Å². The summed E-state index contributed by atoms with van der Waals surface area (Å²) in [5.41, 5.74) is 3.47.